The van der Waals surface area contributed by atoms with Crippen LogP contribution in [0.3, 0.4) is 0 Å². The molecule has 1 atom stereocenters. The van der Waals surface area contributed by atoms with Gasteiger partial charge in [-0.25, -0.2) is 9.59 Å². The molecule has 0 heterocycles. The number of aliphatic carboxylic acids is 3. The normalized spacial score (nSPS) is 12.6. The highest BCUT2D eigenvalue weighted by molar-refractivity contribution is 6.06. The number of hydrogen-bond acceptors (Lipinski definition) is 4. The maximum absolute atomic E-state index is 11.0. The minimum absolute atomic E-state index is 0.696. The molecule has 0 aromatic rings. The predicted octanol–water partition coefficient (Wildman–Crippen LogP) is -0.859. The zero-order chi connectivity index (χ0) is 13.8. The summed E-state index contributed by atoms with van der Waals surface area (Å²) in [6.07, 6.45) is -0.696. The van der Waals surface area contributed by atoms with Crippen LogP contribution in [-0.4, -0.2) is 44.7 Å². The van der Waals surface area contributed by atoms with Gasteiger partial charge in [0.05, 0.1) is 6.42 Å². The Hall–Kier alpha value is -2.12. The Labute approximate surface area is 96.2 Å². The lowest BCUT2D eigenvalue weighted by atomic mass is 9.82. The molecule has 0 aromatic carbocycles. The molecule has 8 heteroatoms. The average molecular weight is 247 g/mol. The van der Waals surface area contributed by atoms with Crippen LogP contribution in [0.2, 0.25) is 0 Å². The zero-order valence-electron chi connectivity index (χ0n) is 9.26. The Balaban J connectivity index is 5.46. The van der Waals surface area contributed by atoms with E-state index in [4.69, 9.17) is 15.3 Å². The summed E-state index contributed by atoms with van der Waals surface area (Å²) in [7, 11) is 0. The third-order valence-electron chi connectivity index (χ3n) is 2.27. The van der Waals surface area contributed by atoms with E-state index in [9.17, 15) is 19.2 Å². The van der Waals surface area contributed by atoms with Gasteiger partial charge in [-0.15, -0.1) is 0 Å². The Morgan fingerprint density at radius 3 is 1.76 bits per heavy atom. The van der Waals surface area contributed by atoms with Gasteiger partial charge in [0.2, 0.25) is 11.4 Å². The molecule has 17 heavy (non-hydrogen) atoms. The maximum atomic E-state index is 11.0. The quantitative estimate of drug-likeness (QED) is 0.447. The fourth-order valence-electron chi connectivity index (χ4n) is 1.44. The van der Waals surface area contributed by atoms with Crippen molar-refractivity contribution in [3.05, 3.63) is 0 Å². The molecule has 4 N–H and O–H groups in total. The van der Waals surface area contributed by atoms with Gasteiger partial charge in [0.15, 0.2) is 0 Å². The van der Waals surface area contributed by atoms with E-state index in [1.807, 2.05) is 0 Å². The molecule has 0 aliphatic heterocycles. The molecule has 1 amide bonds. The molecule has 0 rings (SSSR count). The van der Waals surface area contributed by atoms with E-state index in [2.05, 4.69) is 0 Å². The first-order valence-electron chi connectivity index (χ1n) is 4.62. The molecule has 0 bridgehead atoms. The van der Waals surface area contributed by atoms with Crippen LogP contribution in [0.5, 0.6) is 0 Å². The van der Waals surface area contributed by atoms with Gasteiger partial charge >= 0.3 is 17.9 Å². The van der Waals surface area contributed by atoms with E-state index in [-0.39, 0.29) is 0 Å². The third-order valence-corrected chi connectivity index (χ3v) is 2.27. The first-order chi connectivity index (χ1) is 7.64. The monoisotopic (exact) mass is 247 g/mol. The summed E-state index contributed by atoms with van der Waals surface area (Å²) in [6, 6.07) is 0. The zero-order valence-corrected chi connectivity index (χ0v) is 9.26. The molecule has 0 unspecified atom stereocenters. The lowest BCUT2D eigenvalue weighted by molar-refractivity contribution is -0.165. The number of rotatable bonds is 6. The van der Waals surface area contributed by atoms with Crippen LogP contribution in [0.1, 0.15) is 20.3 Å². The summed E-state index contributed by atoms with van der Waals surface area (Å²) >= 11 is 0. The SMILES string of the molecule is CC(=O)NC(C(=O)O)(C(=O)O)[C@@H](C)CC(=O)O. The smallest absolute Gasteiger partial charge is 0.341 e. The van der Waals surface area contributed by atoms with Crippen LogP contribution in [0, 0.1) is 5.92 Å². The summed E-state index contributed by atoms with van der Waals surface area (Å²) in [5.74, 6) is -7.15. The van der Waals surface area contributed by atoms with Crippen LogP contribution in [0.4, 0.5) is 0 Å². The van der Waals surface area contributed by atoms with Crippen LogP contribution in [0.15, 0.2) is 0 Å². The summed E-state index contributed by atoms with van der Waals surface area (Å²) in [6.45, 7) is 2.08. The highest BCUT2D eigenvalue weighted by Crippen LogP contribution is 2.22. The van der Waals surface area contributed by atoms with Crippen molar-refractivity contribution in [3.8, 4) is 0 Å². The second kappa shape index (κ2) is 5.28. The third kappa shape index (κ3) is 3.16. The number of nitrogens with one attached hydrogen (secondary N) is 1. The first kappa shape index (κ1) is 14.9. The van der Waals surface area contributed by atoms with E-state index in [0.29, 0.717) is 0 Å². The second-order valence-corrected chi connectivity index (χ2v) is 3.60. The van der Waals surface area contributed by atoms with Crippen molar-refractivity contribution >= 4 is 23.8 Å². The van der Waals surface area contributed by atoms with Gasteiger partial charge in [-0.2, -0.15) is 0 Å². The van der Waals surface area contributed by atoms with Crippen LogP contribution in [-0.2, 0) is 19.2 Å². The Morgan fingerprint density at radius 1 is 1.12 bits per heavy atom. The van der Waals surface area contributed by atoms with Crippen molar-refractivity contribution in [1.29, 1.82) is 0 Å². The average Bonchev–Trinajstić information content (AvgIpc) is 2.10. The highest BCUT2D eigenvalue weighted by Gasteiger charge is 2.52. The van der Waals surface area contributed by atoms with Crippen molar-refractivity contribution in [1.82, 2.24) is 5.32 Å². The van der Waals surface area contributed by atoms with Gasteiger partial charge in [0.1, 0.15) is 0 Å². The molecule has 0 aliphatic carbocycles. The largest absolute Gasteiger partial charge is 0.481 e. The first-order valence-corrected chi connectivity index (χ1v) is 4.62. The molecule has 0 saturated carbocycles. The molecule has 0 radical (unpaired) electrons. The topological polar surface area (TPSA) is 141 Å². The molecule has 0 aromatic heterocycles. The predicted molar refractivity (Wildman–Crippen MR) is 53.2 cm³/mol. The van der Waals surface area contributed by atoms with E-state index >= 15 is 0 Å². The number of hydrogen-bond donors (Lipinski definition) is 4. The number of carboxylic acid groups (broad SMARTS) is 3. The summed E-state index contributed by atoms with van der Waals surface area (Å²) < 4.78 is 0. The van der Waals surface area contributed by atoms with Gasteiger partial charge in [0.25, 0.3) is 0 Å². The highest BCUT2D eigenvalue weighted by atomic mass is 16.4. The van der Waals surface area contributed by atoms with E-state index in [1.54, 1.807) is 5.32 Å². The van der Waals surface area contributed by atoms with Gasteiger partial charge in [0, 0.05) is 12.8 Å². The number of carbonyl (C=O) groups excluding carboxylic acids is 1. The molecule has 96 valence electrons. The lowest BCUT2D eigenvalue weighted by Crippen LogP contribution is -2.64. The van der Waals surface area contributed by atoms with Crippen molar-refractivity contribution in [3.63, 3.8) is 0 Å². The van der Waals surface area contributed by atoms with Gasteiger partial charge in [-0.05, 0) is 0 Å². The molecule has 0 saturated heterocycles. The molecule has 0 spiro atoms. The Bertz CT molecular complexity index is 348. The lowest BCUT2D eigenvalue weighted by Gasteiger charge is -2.30. The van der Waals surface area contributed by atoms with Crippen molar-refractivity contribution < 1.29 is 34.5 Å². The fraction of sp³-hybridized carbons (Fsp3) is 0.556. The van der Waals surface area contributed by atoms with Crippen molar-refractivity contribution in [2.45, 2.75) is 25.8 Å². The van der Waals surface area contributed by atoms with Crippen LogP contribution < -0.4 is 5.32 Å². The summed E-state index contributed by atoms with van der Waals surface area (Å²) in [5, 5.41) is 28.2. The van der Waals surface area contributed by atoms with Crippen molar-refractivity contribution in [2.24, 2.45) is 5.92 Å². The molecular weight excluding hydrogens is 234 g/mol. The number of carbonyl (C=O) groups is 4. The molecular formula is C9H13NO7. The Kier molecular flexibility index (Phi) is 4.62. The summed E-state index contributed by atoms with van der Waals surface area (Å²) in [5.41, 5.74) is -2.63. The van der Waals surface area contributed by atoms with Crippen LogP contribution >= 0.6 is 0 Å². The summed E-state index contributed by atoms with van der Waals surface area (Å²) in [4.78, 5) is 43.4. The van der Waals surface area contributed by atoms with E-state index in [0.717, 1.165) is 13.8 Å². The number of carboxylic acids is 3. The molecule has 0 aliphatic rings. The standard InChI is InChI=1S/C9H13NO7/c1-4(3-6(12)13)9(7(14)15,8(16)17)10-5(2)11/h4H,3H2,1-2H3,(H,10,11)(H,12,13)(H,14,15)(H,16,17)/t4-/m0/s1. The van der Waals surface area contributed by atoms with Crippen LogP contribution in [0.25, 0.3) is 0 Å². The molecule has 8 nitrogen and oxygen atoms in total. The minimum atomic E-state index is -2.63. The van der Waals surface area contributed by atoms with Crippen molar-refractivity contribution in [2.75, 3.05) is 0 Å². The minimum Gasteiger partial charge on any atom is -0.481 e. The van der Waals surface area contributed by atoms with Gasteiger partial charge in [-0.3, -0.25) is 9.59 Å². The van der Waals surface area contributed by atoms with E-state index in [1.165, 1.54) is 0 Å². The maximum Gasteiger partial charge on any atom is 0.341 e. The fourth-order valence-corrected chi connectivity index (χ4v) is 1.44. The van der Waals surface area contributed by atoms with Gasteiger partial charge in [-0.1, -0.05) is 6.92 Å². The molecule has 0 fully saturated rings. The Morgan fingerprint density at radius 2 is 1.53 bits per heavy atom. The van der Waals surface area contributed by atoms with E-state index < -0.39 is 41.7 Å². The number of amides is 1. The van der Waals surface area contributed by atoms with Gasteiger partial charge < -0.3 is 20.6 Å². The second-order valence-electron chi connectivity index (χ2n) is 3.60.